The van der Waals surface area contributed by atoms with Crippen LogP contribution in [0.4, 0.5) is 4.39 Å². The summed E-state index contributed by atoms with van der Waals surface area (Å²) in [7, 11) is 0. The highest BCUT2D eigenvalue weighted by molar-refractivity contribution is 9.10. The molecular weight excluding hydrogens is 271 g/mol. The molecule has 0 fully saturated rings. The van der Waals surface area contributed by atoms with E-state index in [0.717, 1.165) is 17.3 Å². The van der Waals surface area contributed by atoms with E-state index >= 15 is 0 Å². The fourth-order valence-electron chi connectivity index (χ4n) is 1.58. The Bertz CT molecular complexity index is 328. The third kappa shape index (κ3) is 4.62. The molecule has 1 nitrogen and oxygen atoms in total. The maximum atomic E-state index is 13.4. The first-order chi connectivity index (χ1) is 7.63. The van der Waals surface area contributed by atoms with Crippen molar-refractivity contribution >= 4 is 15.9 Å². The van der Waals surface area contributed by atoms with Crippen LogP contribution in [0.5, 0.6) is 0 Å². The van der Waals surface area contributed by atoms with Crippen LogP contribution < -0.4 is 0 Å². The Morgan fingerprint density at radius 1 is 1.44 bits per heavy atom. The van der Waals surface area contributed by atoms with Crippen LogP contribution in [0.15, 0.2) is 22.7 Å². The second kappa shape index (κ2) is 7.02. The van der Waals surface area contributed by atoms with Gasteiger partial charge in [-0.25, -0.2) is 4.39 Å². The SMILES string of the molecule is CCCC(C)COCc1ccc(Br)cc1F. The lowest BCUT2D eigenvalue weighted by Crippen LogP contribution is -2.06. The minimum atomic E-state index is -0.211. The van der Waals surface area contributed by atoms with Gasteiger partial charge < -0.3 is 4.74 Å². The molecule has 0 aromatic heterocycles. The second-order valence-corrected chi connectivity index (χ2v) is 5.06. The van der Waals surface area contributed by atoms with E-state index in [2.05, 4.69) is 29.8 Å². The number of rotatable bonds is 6. The lowest BCUT2D eigenvalue weighted by molar-refractivity contribution is 0.0874. The molecule has 0 saturated carbocycles. The first-order valence-corrected chi connectivity index (χ1v) is 6.44. The van der Waals surface area contributed by atoms with Crippen LogP contribution in [-0.2, 0) is 11.3 Å². The normalized spacial score (nSPS) is 12.8. The number of hydrogen-bond donors (Lipinski definition) is 0. The molecule has 0 N–H and O–H groups in total. The smallest absolute Gasteiger partial charge is 0.129 e. The van der Waals surface area contributed by atoms with Gasteiger partial charge in [0.05, 0.1) is 6.61 Å². The zero-order chi connectivity index (χ0) is 12.0. The Labute approximate surface area is 105 Å². The van der Waals surface area contributed by atoms with Crippen molar-refractivity contribution in [3.63, 3.8) is 0 Å². The number of ether oxygens (including phenoxy) is 1. The van der Waals surface area contributed by atoms with Gasteiger partial charge in [0.15, 0.2) is 0 Å². The van der Waals surface area contributed by atoms with E-state index in [1.165, 1.54) is 6.07 Å². The summed E-state index contributed by atoms with van der Waals surface area (Å²) in [5, 5.41) is 0. The van der Waals surface area contributed by atoms with Crippen molar-refractivity contribution in [2.24, 2.45) is 5.92 Å². The molecule has 0 aliphatic rings. The van der Waals surface area contributed by atoms with Gasteiger partial charge in [0.1, 0.15) is 5.82 Å². The highest BCUT2D eigenvalue weighted by Crippen LogP contribution is 2.16. The molecule has 0 aliphatic carbocycles. The molecule has 3 heteroatoms. The van der Waals surface area contributed by atoms with E-state index in [1.54, 1.807) is 6.07 Å². The molecule has 0 heterocycles. The van der Waals surface area contributed by atoms with Gasteiger partial charge in [-0.15, -0.1) is 0 Å². The van der Waals surface area contributed by atoms with Crippen molar-refractivity contribution < 1.29 is 9.13 Å². The highest BCUT2D eigenvalue weighted by Gasteiger charge is 2.05. The minimum Gasteiger partial charge on any atom is -0.376 e. The van der Waals surface area contributed by atoms with Gasteiger partial charge in [0, 0.05) is 16.6 Å². The summed E-state index contributed by atoms with van der Waals surface area (Å²) in [5.41, 5.74) is 0.617. The maximum absolute atomic E-state index is 13.4. The topological polar surface area (TPSA) is 9.23 Å². The fourth-order valence-corrected chi connectivity index (χ4v) is 1.92. The summed E-state index contributed by atoms with van der Waals surface area (Å²) in [6.45, 7) is 5.36. The monoisotopic (exact) mass is 288 g/mol. The molecule has 0 spiro atoms. The molecule has 0 radical (unpaired) electrons. The summed E-state index contributed by atoms with van der Waals surface area (Å²) in [4.78, 5) is 0. The Hall–Kier alpha value is -0.410. The van der Waals surface area contributed by atoms with Crippen LogP contribution in [0.3, 0.4) is 0 Å². The lowest BCUT2D eigenvalue weighted by atomic mass is 10.1. The van der Waals surface area contributed by atoms with Crippen LogP contribution >= 0.6 is 15.9 Å². The van der Waals surface area contributed by atoms with Crippen LogP contribution in [-0.4, -0.2) is 6.61 Å². The van der Waals surface area contributed by atoms with Gasteiger partial charge in [-0.3, -0.25) is 0 Å². The van der Waals surface area contributed by atoms with E-state index in [-0.39, 0.29) is 5.82 Å². The molecule has 1 rings (SSSR count). The van der Waals surface area contributed by atoms with E-state index in [1.807, 2.05) is 6.07 Å². The van der Waals surface area contributed by atoms with Crippen molar-refractivity contribution in [2.45, 2.75) is 33.3 Å². The number of benzene rings is 1. The number of hydrogen-bond acceptors (Lipinski definition) is 1. The van der Waals surface area contributed by atoms with Crippen LogP contribution in [0.25, 0.3) is 0 Å². The van der Waals surface area contributed by atoms with Gasteiger partial charge in [-0.05, 0) is 24.5 Å². The Morgan fingerprint density at radius 2 is 2.19 bits per heavy atom. The zero-order valence-electron chi connectivity index (χ0n) is 9.80. The van der Waals surface area contributed by atoms with Gasteiger partial charge in [-0.2, -0.15) is 0 Å². The van der Waals surface area contributed by atoms with Gasteiger partial charge in [0.2, 0.25) is 0 Å². The molecule has 90 valence electrons. The predicted octanol–water partition coefficient (Wildman–Crippen LogP) is 4.54. The molecule has 0 amide bonds. The van der Waals surface area contributed by atoms with E-state index in [0.29, 0.717) is 24.7 Å². The first kappa shape index (κ1) is 13.7. The summed E-state index contributed by atoms with van der Waals surface area (Å²) in [6.07, 6.45) is 2.32. The standard InChI is InChI=1S/C13H18BrFO/c1-3-4-10(2)8-16-9-11-5-6-12(14)7-13(11)15/h5-7,10H,3-4,8-9H2,1-2H3. The molecule has 0 aliphatic heterocycles. The predicted molar refractivity (Wildman–Crippen MR) is 67.8 cm³/mol. The second-order valence-electron chi connectivity index (χ2n) is 4.14. The first-order valence-electron chi connectivity index (χ1n) is 5.65. The summed E-state index contributed by atoms with van der Waals surface area (Å²) in [5.74, 6) is 0.334. The average Bonchev–Trinajstić information content (AvgIpc) is 2.22. The van der Waals surface area contributed by atoms with Gasteiger partial charge in [0.25, 0.3) is 0 Å². The van der Waals surface area contributed by atoms with Crippen LogP contribution in [0.1, 0.15) is 32.3 Å². The fraction of sp³-hybridized carbons (Fsp3) is 0.538. The molecule has 1 atom stereocenters. The van der Waals surface area contributed by atoms with Gasteiger partial charge >= 0.3 is 0 Å². The maximum Gasteiger partial charge on any atom is 0.129 e. The Balaban J connectivity index is 2.37. The average molecular weight is 289 g/mol. The highest BCUT2D eigenvalue weighted by atomic mass is 79.9. The van der Waals surface area contributed by atoms with Crippen molar-refractivity contribution in [3.05, 3.63) is 34.1 Å². The third-order valence-electron chi connectivity index (χ3n) is 2.46. The lowest BCUT2D eigenvalue weighted by Gasteiger charge is -2.11. The third-order valence-corrected chi connectivity index (χ3v) is 2.95. The molecule has 1 unspecified atom stereocenters. The number of halogens is 2. The minimum absolute atomic E-state index is 0.211. The molecule has 1 aromatic rings. The molecule has 16 heavy (non-hydrogen) atoms. The molecule has 1 aromatic carbocycles. The van der Waals surface area contributed by atoms with E-state index in [9.17, 15) is 4.39 Å². The zero-order valence-corrected chi connectivity index (χ0v) is 11.4. The van der Waals surface area contributed by atoms with Crippen LogP contribution in [0, 0.1) is 11.7 Å². The summed E-state index contributed by atoms with van der Waals surface area (Å²) < 4.78 is 19.7. The van der Waals surface area contributed by atoms with Crippen molar-refractivity contribution in [1.29, 1.82) is 0 Å². The molecular formula is C13H18BrFO. The van der Waals surface area contributed by atoms with Crippen molar-refractivity contribution in [1.82, 2.24) is 0 Å². The Morgan fingerprint density at radius 3 is 2.81 bits per heavy atom. The van der Waals surface area contributed by atoms with Crippen molar-refractivity contribution in [3.8, 4) is 0 Å². The molecule has 0 bridgehead atoms. The largest absolute Gasteiger partial charge is 0.376 e. The van der Waals surface area contributed by atoms with E-state index < -0.39 is 0 Å². The van der Waals surface area contributed by atoms with E-state index in [4.69, 9.17) is 4.74 Å². The van der Waals surface area contributed by atoms with Crippen LogP contribution in [0.2, 0.25) is 0 Å². The quantitative estimate of drug-likeness (QED) is 0.747. The van der Waals surface area contributed by atoms with Gasteiger partial charge in [-0.1, -0.05) is 42.3 Å². The summed E-state index contributed by atoms with van der Waals surface area (Å²) in [6, 6.07) is 5.05. The van der Waals surface area contributed by atoms with Crippen molar-refractivity contribution in [2.75, 3.05) is 6.61 Å². The summed E-state index contributed by atoms with van der Waals surface area (Å²) >= 11 is 3.23. The Kier molecular flexibility index (Phi) is 5.99. The molecule has 0 saturated heterocycles.